The van der Waals surface area contributed by atoms with Crippen LogP contribution in [-0.4, -0.2) is 12.2 Å². The summed E-state index contributed by atoms with van der Waals surface area (Å²) in [6, 6.07) is 4.30. The van der Waals surface area contributed by atoms with Gasteiger partial charge in [0.1, 0.15) is 11.6 Å². The van der Waals surface area contributed by atoms with Crippen LogP contribution in [0, 0.1) is 11.7 Å². The zero-order chi connectivity index (χ0) is 12.3. The van der Waals surface area contributed by atoms with Crippen LogP contribution < -0.4 is 4.74 Å². The monoisotopic (exact) mass is 238 g/mol. The molecule has 2 nitrogen and oxygen atoms in total. The highest BCUT2D eigenvalue weighted by Gasteiger charge is 2.22. The van der Waals surface area contributed by atoms with Gasteiger partial charge < -0.3 is 9.84 Å². The molecule has 0 bridgehead atoms. The van der Waals surface area contributed by atoms with Crippen molar-refractivity contribution in [2.45, 2.75) is 38.2 Å². The van der Waals surface area contributed by atoms with E-state index in [4.69, 9.17) is 4.74 Å². The summed E-state index contributed by atoms with van der Waals surface area (Å²) in [7, 11) is 1.54. The first-order valence-corrected chi connectivity index (χ1v) is 6.22. The standard InChI is InChI=1S/C14H19FO2/c1-17-14-7-6-11(15)9-12(14)13(16)8-10-4-2-3-5-10/h6-7,9-10,13,16H,2-5,8H2,1H3. The van der Waals surface area contributed by atoms with Gasteiger partial charge in [0.2, 0.25) is 0 Å². The summed E-state index contributed by atoms with van der Waals surface area (Å²) in [6.45, 7) is 0. The van der Waals surface area contributed by atoms with Crippen molar-refractivity contribution in [1.29, 1.82) is 0 Å². The second-order valence-corrected chi connectivity index (χ2v) is 4.79. The van der Waals surface area contributed by atoms with Crippen LogP contribution in [0.25, 0.3) is 0 Å². The Balaban J connectivity index is 2.11. The Morgan fingerprint density at radius 3 is 2.76 bits per heavy atom. The van der Waals surface area contributed by atoms with Crippen molar-refractivity contribution in [2.24, 2.45) is 5.92 Å². The summed E-state index contributed by atoms with van der Waals surface area (Å²) < 4.78 is 18.4. The van der Waals surface area contributed by atoms with Gasteiger partial charge in [0.25, 0.3) is 0 Å². The van der Waals surface area contributed by atoms with Crippen molar-refractivity contribution >= 4 is 0 Å². The predicted molar refractivity (Wildman–Crippen MR) is 64.5 cm³/mol. The molecule has 0 heterocycles. The average Bonchev–Trinajstić information content (AvgIpc) is 2.81. The second-order valence-electron chi connectivity index (χ2n) is 4.79. The fourth-order valence-electron chi connectivity index (χ4n) is 2.65. The number of aliphatic hydroxyl groups excluding tert-OH is 1. The van der Waals surface area contributed by atoms with Gasteiger partial charge >= 0.3 is 0 Å². The third-order valence-electron chi connectivity index (χ3n) is 3.58. The van der Waals surface area contributed by atoms with E-state index in [1.54, 1.807) is 13.2 Å². The Kier molecular flexibility index (Phi) is 4.00. The number of hydrogen-bond donors (Lipinski definition) is 1. The van der Waals surface area contributed by atoms with E-state index in [9.17, 15) is 9.50 Å². The fraction of sp³-hybridized carbons (Fsp3) is 0.571. The van der Waals surface area contributed by atoms with Gasteiger partial charge in [-0.15, -0.1) is 0 Å². The minimum absolute atomic E-state index is 0.328. The van der Waals surface area contributed by atoms with Crippen LogP contribution in [0.2, 0.25) is 0 Å². The van der Waals surface area contributed by atoms with E-state index in [1.807, 2.05) is 0 Å². The summed E-state index contributed by atoms with van der Waals surface area (Å²) in [5.74, 6) is 0.807. The lowest BCUT2D eigenvalue weighted by atomic mass is 9.95. The maximum Gasteiger partial charge on any atom is 0.124 e. The summed E-state index contributed by atoms with van der Waals surface area (Å²) in [5.41, 5.74) is 0.569. The molecule has 0 amide bonds. The molecule has 1 aromatic rings. The van der Waals surface area contributed by atoms with Crippen LogP contribution in [0.4, 0.5) is 4.39 Å². The Labute approximate surface area is 101 Å². The molecule has 1 saturated carbocycles. The van der Waals surface area contributed by atoms with Gasteiger partial charge in [0.05, 0.1) is 13.2 Å². The van der Waals surface area contributed by atoms with Gasteiger partial charge in [-0.2, -0.15) is 0 Å². The molecule has 3 heteroatoms. The first-order valence-electron chi connectivity index (χ1n) is 6.22. The van der Waals surface area contributed by atoms with Gasteiger partial charge in [-0.05, 0) is 30.5 Å². The summed E-state index contributed by atoms with van der Waals surface area (Å²) in [4.78, 5) is 0. The molecule has 1 fully saturated rings. The molecule has 0 aromatic heterocycles. The van der Waals surface area contributed by atoms with Crippen LogP contribution in [0.15, 0.2) is 18.2 Å². The molecule has 1 aliphatic carbocycles. The first-order chi connectivity index (χ1) is 8.20. The molecule has 0 aliphatic heterocycles. The summed E-state index contributed by atoms with van der Waals surface area (Å²) in [6.07, 6.45) is 4.93. The van der Waals surface area contributed by atoms with Crippen molar-refractivity contribution in [3.63, 3.8) is 0 Å². The highest BCUT2D eigenvalue weighted by molar-refractivity contribution is 5.35. The second kappa shape index (κ2) is 5.50. The lowest BCUT2D eigenvalue weighted by Gasteiger charge is -2.18. The minimum atomic E-state index is -0.622. The third kappa shape index (κ3) is 2.97. The first kappa shape index (κ1) is 12.4. The van der Waals surface area contributed by atoms with Crippen molar-refractivity contribution in [1.82, 2.24) is 0 Å². The van der Waals surface area contributed by atoms with Crippen molar-refractivity contribution in [3.05, 3.63) is 29.6 Å². The predicted octanol–water partition coefficient (Wildman–Crippen LogP) is 3.45. The molecule has 17 heavy (non-hydrogen) atoms. The van der Waals surface area contributed by atoms with Crippen molar-refractivity contribution in [2.75, 3.05) is 7.11 Å². The molecular formula is C14H19FO2. The maximum atomic E-state index is 13.2. The molecular weight excluding hydrogens is 219 g/mol. The SMILES string of the molecule is COc1ccc(F)cc1C(O)CC1CCCC1. The van der Waals surface area contributed by atoms with Crippen LogP contribution in [0.3, 0.4) is 0 Å². The molecule has 2 rings (SSSR count). The van der Waals surface area contributed by atoms with E-state index in [0.29, 0.717) is 23.7 Å². The van der Waals surface area contributed by atoms with E-state index in [0.717, 1.165) is 0 Å². The van der Waals surface area contributed by atoms with Gasteiger partial charge in [-0.1, -0.05) is 25.7 Å². The van der Waals surface area contributed by atoms with Crippen molar-refractivity contribution in [3.8, 4) is 5.75 Å². The van der Waals surface area contributed by atoms with E-state index in [2.05, 4.69) is 0 Å². The topological polar surface area (TPSA) is 29.5 Å². The molecule has 0 spiro atoms. The van der Waals surface area contributed by atoms with Gasteiger partial charge in [0.15, 0.2) is 0 Å². The number of benzene rings is 1. The number of hydrogen-bond acceptors (Lipinski definition) is 2. The average molecular weight is 238 g/mol. The Hall–Kier alpha value is -1.09. The third-order valence-corrected chi connectivity index (χ3v) is 3.58. The summed E-state index contributed by atoms with van der Waals surface area (Å²) >= 11 is 0. The molecule has 0 radical (unpaired) electrons. The number of ether oxygens (including phenoxy) is 1. The van der Waals surface area contributed by atoms with Crippen LogP contribution >= 0.6 is 0 Å². The molecule has 1 aromatic carbocycles. The van der Waals surface area contributed by atoms with E-state index >= 15 is 0 Å². The fourth-order valence-corrected chi connectivity index (χ4v) is 2.65. The highest BCUT2D eigenvalue weighted by atomic mass is 19.1. The Morgan fingerprint density at radius 2 is 2.12 bits per heavy atom. The number of rotatable bonds is 4. The Morgan fingerprint density at radius 1 is 1.41 bits per heavy atom. The quantitative estimate of drug-likeness (QED) is 0.870. The van der Waals surface area contributed by atoms with E-state index < -0.39 is 6.10 Å². The number of aliphatic hydroxyl groups is 1. The molecule has 94 valence electrons. The lowest BCUT2D eigenvalue weighted by Crippen LogP contribution is -2.06. The highest BCUT2D eigenvalue weighted by Crippen LogP contribution is 2.35. The zero-order valence-corrected chi connectivity index (χ0v) is 10.2. The molecule has 1 atom stereocenters. The smallest absolute Gasteiger partial charge is 0.124 e. The van der Waals surface area contributed by atoms with Crippen molar-refractivity contribution < 1.29 is 14.2 Å². The molecule has 1 unspecified atom stereocenters. The lowest BCUT2D eigenvalue weighted by molar-refractivity contribution is 0.141. The zero-order valence-electron chi connectivity index (χ0n) is 10.2. The largest absolute Gasteiger partial charge is 0.496 e. The van der Waals surface area contributed by atoms with Crippen LogP contribution in [0.1, 0.15) is 43.8 Å². The Bertz CT molecular complexity index is 372. The summed E-state index contributed by atoms with van der Waals surface area (Å²) in [5, 5.41) is 10.2. The normalized spacial score (nSPS) is 18.3. The van der Waals surface area contributed by atoms with E-state index in [1.165, 1.54) is 37.8 Å². The number of halogens is 1. The minimum Gasteiger partial charge on any atom is -0.496 e. The van der Waals surface area contributed by atoms with Gasteiger partial charge in [-0.3, -0.25) is 0 Å². The molecule has 0 saturated heterocycles. The molecule has 1 aliphatic rings. The number of methoxy groups -OCH3 is 1. The van der Waals surface area contributed by atoms with Crippen LogP contribution in [0.5, 0.6) is 5.75 Å². The maximum absolute atomic E-state index is 13.2. The molecule has 1 N–H and O–H groups in total. The van der Waals surface area contributed by atoms with Gasteiger partial charge in [0, 0.05) is 5.56 Å². The van der Waals surface area contributed by atoms with Crippen LogP contribution in [-0.2, 0) is 0 Å². The van der Waals surface area contributed by atoms with Gasteiger partial charge in [-0.25, -0.2) is 4.39 Å². The van der Waals surface area contributed by atoms with E-state index in [-0.39, 0.29) is 5.82 Å².